The summed E-state index contributed by atoms with van der Waals surface area (Å²) in [6.45, 7) is 6.44. The first-order valence-corrected chi connectivity index (χ1v) is 10.8. The number of hydrogen-bond acceptors (Lipinski definition) is 3. The van der Waals surface area contributed by atoms with E-state index in [2.05, 4.69) is 28.1 Å². The van der Waals surface area contributed by atoms with Crippen LogP contribution in [0.4, 0.5) is 0 Å². The van der Waals surface area contributed by atoms with Crippen LogP contribution < -0.4 is 16.0 Å². The van der Waals surface area contributed by atoms with E-state index in [1.165, 1.54) is 18.4 Å². The molecule has 0 aromatic heterocycles. The fourth-order valence-electron chi connectivity index (χ4n) is 3.60. The van der Waals surface area contributed by atoms with E-state index in [0.29, 0.717) is 23.6 Å². The van der Waals surface area contributed by atoms with Gasteiger partial charge in [-0.2, -0.15) is 0 Å². The normalized spacial score (nSPS) is 18.1. The summed E-state index contributed by atoms with van der Waals surface area (Å²) in [4.78, 5) is 24.9. The molecule has 0 radical (unpaired) electrons. The lowest BCUT2D eigenvalue weighted by Gasteiger charge is -2.22. The highest BCUT2D eigenvalue weighted by Gasteiger charge is 2.15. The third kappa shape index (κ3) is 7.99. The molecule has 0 saturated carbocycles. The van der Waals surface area contributed by atoms with Crippen LogP contribution >= 0.6 is 0 Å². The Morgan fingerprint density at radius 1 is 1.17 bits per heavy atom. The number of likely N-dealkylation sites (N-methyl/N-ethyl adjacent to an activating group) is 1. The topological polar surface area (TPSA) is 70.2 Å². The maximum atomic E-state index is 12.9. The summed E-state index contributed by atoms with van der Waals surface area (Å²) in [5.74, 6) is 0.278. The number of allylic oxidation sites excluding steroid dienone is 3. The number of carbonyl (C=O) groups excluding carboxylic acids is 2. The Labute approximate surface area is 180 Å². The maximum absolute atomic E-state index is 12.9. The van der Waals surface area contributed by atoms with Crippen LogP contribution in [0.1, 0.15) is 38.7 Å². The molecule has 162 valence electrons. The molecule has 2 rings (SSSR count). The van der Waals surface area contributed by atoms with Crippen molar-refractivity contribution in [3.8, 4) is 0 Å². The van der Waals surface area contributed by atoms with E-state index in [9.17, 15) is 9.59 Å². The average Bonchev–Trinajstić information content (AvgIpc) is 2.78. The van der Waals surface area contributed by atoms with Crippen LogP contribution in [-0.2, 0) is 16.0 Å². The van der Waals surface area contributed by atoms with Crippen LogP contribution in [0.25, 0.3) is 0 Å². The fraction of sp³-hybridized carbons (Fsp3) is 0.440. The minimum Gasteiger partial charge on any atom is -0.355 e. The molecule has 1 aliphatic heterocycles. The van der Waals surface area contributed by atoms with Gasteiger partial charge in [0, 0.05) is 24.7 Å². The largest absolute Gasteiger partial charge is 0.355 e. The van der Waals surface area contributed by atoms with Gasteiger partial charge in [0.05, 0.1) is 0 Å². The molecule has 1 unspecified atom stereocenters. The lowest BCUT2D eigenvalue weighted by atomic mass is 9.96. The molecule has 1 atom stereocenters. The Bertz CT molecular complexity index is 788. The van der Waals surface area contributed by atoms with Crippen LogP contribution in [0.2, 0.25) is 0 Å². The fourth-order valence-corrected chi connectivity index (χ4v) is 3.60. The number of hydrogen-bond donors (Lipinski definition) is 3. The Hall–Kier alpha value is -2.66. The van der Waals surface area contributed by atoms with Gasteiger partial charge in [0.2, 0.25) is 5.91 Å². The summed E-state index contributed by atoms with van der Waals surface area (Å²) in [7, 11) is 1.59. The lowest BCUT2D eigenvalue weighted by molar-refractivity contribution is -0.117. The van der Waals surface area contributed by atoms with Crippen LogP contribution in [0.5, 0.6) is 0 Å². The van der Waals surface area contributed by atoms with Crippen molar-refractivity contribution in [2.75, 3.05) is 26.7 Å². The van der Waals surface area contributed by atoms with Gasteiger partial charge >= 0.3 is 0 Å². The van der Waals surface area contributed by atoms with Gasteiger partial charge in [-0.05, 0) is 81.8 Å². The Balaban J connectivity index is 2.12. The second-order valence-electron chi connectivity index (χ2n) is 7.79. The molecule has 1 aromatic rings. The predicted molar refractivity (Wildman–Crippen MR) is 123 cm³/mol. The van der Waals surface area contributed by atoms with E-state index in [1.54, 1.807) is 20.0 Å². The summed E-state index contributed by atoms with van der Waals surface area (Å²) >= 11 is 0. The van der Waals surface area contributed by atoms with Gasteiger partial charge in [-0.15, -0.1) is 0 Å². The van der Waals surface area contributed by atoms with Gasteiger partial charge in [0.25, 0.3) is 5.91 Å². The third-order valence-corrected chi connectivity index (χ3v) is 5.42. The van der Waals surface area contributed by atoms with Crippen molar-refractivity contribution in [1.82, 2.24) is 16.0 Å². The van der Waals surface area contributed by atoms with E-state index in [4.69, 9.17) is 0 Å². The van der Waals surface area contributed by atoms with E-state index < -0.39 is 0 Å². The lowest BCUT2D eigenvalue weighted by Crippen LogP contribution is -2.33. The number of amides is 2. The van der Waals surface area contributed by atoms with Crippen molar-refractivity contribution in [1.29, 1.82) is 0 Å². The smallest absolute Gasteiger partial charge is 0.251 e. The minimum absolute atomic E-state index is 0.144. The van der Waals surface area contributed by atoms with Crippen molar-refractivity contribution < 1.29 is 9.59 Å². The number of rotatable bonds is 9. The first-order chi connectivity index (χ1) is 14.5. The highest BCUT2D eigenvalue weighted by atomic mass is 16.2. The van der Waals surface area contributed by atoms with Crippen LogP contribution in [0, 0.1) is 5.92 Å². The van der Waals surface area contributed by atoms with Gasteiger partial charge in [-0.1, -0.05) is 36.4 Å². The zero-order chi connectivity index (χ0) is 21.8. The second kappa shape index (κ2) is 12.8. The molecule has 30 heavy (non-hydrogen) atoms. The van der Waals surface area contributed by atoms with Crippen molar-refractivity contribution in [2.24, 2.45) is 5.92 Å². The van der Waals surface area contributed by atoms with Crippen LogP contribution in [0.15, 0.2) is 65.3 Å². The molecule has 1 heterocycles. The number of nitrogens with one attached hydrogen (secondary N) is 3. The Kier molecular flexibility index (Phi) is 10.1. The van der Waals surface area contributed by atoms with Gasteiger partial charge in [-0.3, -0.25) is 9.59 Å². The maximum Gasteiger partial charge on any atom is 0.251 e. The van der Waals surface area contributed by atoms with Gasteiger partial charge in [0.15, 0.2) is 0 Å². The average molecular weight is 410 g/mol. The zero-order valence-corrected chi connectivity index (χ0v) is 18.5. The van der Waals surface area contributed by atoms with Gasteiger partial charge in [0.1, 0.15) is 0 Å². The quantitative estimate of drug-likeness (QED) is 0.433. The molecule has 0 spiro atoms. The first kappa shape index (κ1) is 23.6. The molecule has 5 heteroatoms. The molecule has 1 fully saturated rings. The summed E-state index contributed by atoms with van der Waals surface area (Å²) < 4.78 is 0. The number of carbonyl (C=O) groups is 2. The highest BCUT2D eigenvalue weighted by molar-refractivity contribution is 6.00. The summed E-state index contributed by atoms with van der Waals surface area (Å²) in [6, 6.07) is 10.2. The molecular weight excluding hydrogens is 374 g/mol. The molecule has 2 amide bonds. The van der Waals surface area contributed by atoms with Gasteiger partial charge in [-0.25, -0.2) is 0 Å². The number of piperidine rings is 1. The van der Waals surface area contributed by atoms with E-state index >= 15 is 0 Å². The van der Waals surface area contributed by atoms with E-state index in [1.807, 2.05) is 37.3 Å². The minimum atomic E-state index is -0.188. The van der Waals surface area contributed by atoms with Crippen LogP contribution in [-0.4, -0.2) is 38.5 Å². The SMILES string of the molecule is C/C=C(/C=C(\C=C(/C)C(=O)NC)C(=O)NCCC1CCCNC1)Cc1ccccc1. The number of benzene rings is 1. The molecule has 0 bridgehead atoms. The van der Waals surface area contributed by atoms with E-state index in [0.717, 1.165) is 31.5 Å². The van der Waals surface area contributed by atoms with Crippen molar-refractivity contribution in [3.05, 3.63) is 70.8 Å². The molecule has 0 aliphatic carbocycles. The molecule has 1 saturated heterocycles. The second-order valence-corrected chi connectivity index (χ2v) is 7.79. The highest BCUT2D eigenvalue weighted by Crippen LogP contribution is 2.15. The summed E-state index contributed by atoms with van der Waals surface area (Å²) in [5.41, 5.74) is 3.22. The van der Waals surface area contributed by atoms with Crippen molar-refractivity contribution >= 4 is 11.8 Å². The third-order valence-electron chi connectivity index (χ3n) is 5.42. The van der Waals surface area contributed by atoms with Crippen molar-refractivity contribution in [3.63, 3.8) is 0 Å². The van der Waals surface area contributed by atoms with E-state index in [-0.39, 0.29) is 11.8 Å². The predicted octanol–water partition coefficient (Wildman–Crippen LogP) is 3.30. The molecule has 3 N–H and O–H groups in total. The monoisotopic (exact) mass is 409 g/mol. The molecule has 1 aromatic carbocycles. The zero-order valence-electron chi connectivity index (χ0n) is 18.5. The Morgan fingerprint density at radius 2 is 1.93 bits per heavy atom. The van der Waals surface area contributed by atoms with Gasteiger partial charge < -0.3 is 16.0 Å². The standard InChI is InChI=1S/C25H35N3O2/c1-4-20(16-21-9-6-5-7-10-21)17-23(15-19(2)24(29)26-3)25(30)28-14-12-22-11-8-13-27-18-22/h4-7,9-10,15,17,22,27H,8,11-14,16,18H2,1-3H3,(H,26,29)(H,28,30)/b19-15+,20-4+,23-17+. The van der Waals surface area contributed by atoms with Crippen LogP contribution in [0.3, 0.4) is 0 Å². The summed E-state index contributed by atoms with van der Waals surface area (Å²) in [6.07, 6.45) is 9.67. The molecule has 5 nitrogen and oxygen atoms in total. The summed E-state index contributed by atoms with van der Waals surface area (Å²) in [5, 5.41) is 9.07. The molecular formula is C25H35N3O2. The van der Waals surface area contributed by atoms with Crippen molar-refractivity contribution in [2.45, 2.75) is 39.5 Å². The Morgan fingerprint density at radius 3 is 2.57 bits per heavy atom. The first-order valence-electron chi connectivity index (χ1n) is 10.8. The molecule has 1 aliphatic rings.